The van der Waals surface area contributed by atoms with E-state index >= 15 is 0 Å². The molecule has 2 aromatic heterocycles. The minimum absolute atomic E-state index is 0.0794. The molecule has 0 bridgehead atoms. The fraction of sp³-hybridized carbons (Fsp3) is 0.318. The van der Waals surface area contributed by atoms with Crippen molar-refractivity contribution in [2.45, 2.75) is 30.0 Å². The fourth-order valence-electron chi connectivity index (χ4n) is 3.71. The van der Waals surface area contributed by atoms with E-state index in [-0.39, 0.29) is 28.5 Å². The van der Waals surface area contributed by atoms with Crippen LogP contribution < -0.4 is 15.2 Å². The molecule has 0 radical (unpaired) electrons. The van der Waals surface area contributed by atoms with Crippen molar-refractivity contribution in [2.24, 2.45) is 0 Å². The van der Waals surface area contributed by atoms with Crippen molar-refractivity contribution in [3.8, 4) is 11.4 Å². The third kappa shape index (κ3) is 5.62. The molecule has 0 spiro atoms. The van der Waals surface area contributed by atoms with Gasteiger partial charge in [0.05, 0.1) is 16.3 Å². The first-order chi connectivity index (χ1) is 16.8. The van der Waals surface area contributed by atoms with Crippen molar-refractivity contribution >= 4 is 27.4 Å². The number of sulfone groups is 1. The first-order valence-corrected chi connectivity index (χ1v) is 12.8. The summed E-state index contributed by atoms with van der Waals surface area (Å²) in [6.07, 6.45) is -0.291. The maximum absolute atomic E-state index is 14.3. The maximum atomic E-state index is 14.3. The van der Waals surface area contributed by atoms with Crippen molar-refractivity contribution in [1.29, 1.82) is 0 Å². The Kier molecular flexibility index (Phi) is 6.97. The number of alkyl halides is 3. The van der Waals surface area contributed by atoms with Crippen LogP contribution in [-0.4, -0.2) is 48.4 Å². The number of hydrogen-bond donors (Lipinski definition) is 0. The largest absolute Gasteiger partial charge is 0.488 e. The Labute approximate surface area is 208 Å². The van der Waals surface area contributed by atoms with E-state index in [4.69, 9.17) is 16.3 Å². The number of halogens is 5. The lowest BCUT2D eigenvalue weighted by molar-refractivity contribution is -0.138. The van der Waals surface area contributed by atoms with Crippen LogP contribution in [0.25, 0.3) is 5.69 Å². The van der Waals surface area contributed by atoms with Crippen molar-refractivity contribution < 1.29 is 30.7 Å². The molecule has 3 aromatic rings. The average Bonchev–Trinajstić information content (AvgIpc) is 2.80. The highest BCUT2D eigenvalue weighted by Crippen LogP contribution is 2.30. The first-order valence-electron chi connectivity index (χ1n) is 10.6. The SMILES string of the molecule is CS(=O)(=O)c1ccc(-n2cc(Cl)c(OC3CCN(c4ncc(C(F)(F)F)cn4)CC3)cc2=O)cc1F. The van der Waals surface area contributed by atoms with Gasteiger partial charge in [-0.3, -0.25) is 9.36 Å². The Morgan fingerprint density at radius 2 is 1.75 bits per heavy atom. The van der Waals surface area contributed by atoms with Crippen molar-refractivity contribution in [1.82, 2.24) is 14.5 Å². The molecule has 3 heterocycles. The molecule has 4 rings (SSSR count). The molecule has 1 fully saturated rings. The van der Waals surface area contributed by atoms with Crippen LogP contribution in [0, 0.1) is 5.82 Å². The summed E-state index contributed by atoms with van der Waals surface area (Å²) in [4.78, 5) is 21.5. The highest BCUT2D eigenvalue weighted by molar-refractivity contribution is 7.90. The molecule has 1 aliphatic rings. The number of piperidine rings is 1. The molecule has 0 aliphatic carbocycles. The highest BCUT2D eigenvalue weighted by Gasteiger charge is 2.32. The summed E-state index contributed by atoms with van der Waals surface area (Å²) in [7, 11) is -3.77. The molecule has 1 aromatic carbocycles. The zero-order valence-electron chi connectivity index (χ0n) is 18.7. The van der Waals surface area contributed by atoms with E-state index < -0.39 is 37.8 Å². The Morgan fingerprint density at radius 1 is 1.11 bits per heavy atom. The molecular formula is C22H19ClF4N4O4S. The second-order valence-electron chi connectivity index (χ2n) is 8.15. The maximum Gasteiger partial charge on any atom is 0.419 e. The van der Waals surface area contributed by atoms with Gasteiger partial charge < -0.3 is 9.64 Å². The smallest absolute Gasteiger partial charge is 0.419 e. The van der Waals surface area contributed by atoms with Crippen molar-refractivity contribution in [3.63, 3.8) is 0 Å². The molecule has 0 atom stereocenters. The second-order valence-corrected chi connectivity index (χ2v) is 10.5. The van der Waals surface area contributed by atoms with Gasteiger partial charge in [0.1, 0.15) is 22.6 Å². The monoisotopic (exact) mass is 546 g/mol. The van der Waals surface area contributed by atoms with Gasteiger partial charge in [-0.2, -0.15) is 13.2 Å². The third-order valence-corrected chi connectivity index (χ3v) is 6.96. The van der Waals surface area contributed by atoms with E-state index in [2.05, 4.69) is 9.97 Å². The molecule has 0 unspecified atom stereocenters. The molecule has 8 nitrogen and oxygen atoms in total. The van der Waals surface area contributed by atoms with Crippen LogP contribution in [0.3, 0.4) is 0 Å². The Bertz CT molecular complexity index is 1440. The van der Waals surface area contributed by atoms with Gasteiger partial charge >= 0.3 is 6.18 Å². The highest BCUT2D eigenvalue weighted by atomic mass is 35.5. The molecule has 36 heavy (non-hydrogen) atoms. The fourth-order valence-corrected chi connectivity index (χ4v) is 4.63. The van der Waals surface area contributed by atoms with Crippen LogP contribution in [-0.2, 0) is 16.0 Å². The van der Waals surface area contributed by atoms with Gasteiger partial charge in [-0.05, 0) is 18.2 Å². The van der Waals surface area contributed by atoms with Crippen LogP contribution in [0.4, 0.5) is 23.5 Å². The minimum atomic E-state index is -4.51. The summed E-state index contributed by atoms with van der Waals surface area (Å²) in [6, 6.07) is 4.43. The van der Waals surface area contributed by atoms with Crippen LogP contribution in [0.5, 0.6) is 5.75 Å². The van der Waals surface area contributed by atoms with E-state index in [1.54, 1.807) is 4.90 Å². The number of benzene rings is 1. The lowest BCUT2D eigenvalue weighted by Crippen LogP contribution is -2.39. The van der Waals surface area contributed by atoms with E-state index in [1.807, 2.05) is 0 Å². The minimum Gasteiger partial charge on any atom is -0.488 e. The van der Waals surface area contributed by atoms with Crippen molar-refractivity contribution in [3.05, 3.63) is 69.6 Å². The molecule has 0 N–H and O–H groups in total. The average molecular weight is 547 g/mol. The van der Waals surface area contributed by atoms with Gasteiger partial charge in [0.25, 0.3) is 5.56 Å². The number of nitrogens with zero attached hydrogens (tertiary/aromatic N) is 4. The standard InChI is InChI=1S/C22H19ClF4N4O4S/c1-36(33,34)19-3-2-14(8-17(19)24)31-12-16(23)18(9-20(31)32)35-15-4-6-30(7-5-15)21-28-10-13(11-29-21)22(25,26)27/h2-3,8-12,15H,4-7H2,1H3. The van der Waals surface area contributed by atoms with Gasteiger partial charge in [0.2, 0.25) is 5.95 Å². The number of anilines is 1. The molecular weight excluding hydrogens is 528 g/mol. The summed E-state index contributed by atoms with van der Waals surface area (Å²) in [5.74, 6) is -0.700. The molecule has 1 aliphatic heterocycles. The first kappa shape index (κ1) is 25.9. The molecule has 192 valence electrons. The summed E-state index contributed by atoms with van der Waals surface area (Å²) in [6.45, 7) is 0.827. The van der Waals surface area contributed by atoms with Crippen LogP contribution in [0.15, 0.2) is 52.5 Å². The van der Waals surface area contributed by atoms with E-state index in [9.17, 15) is 30.8 Å². The normalized spacial score (nSPS) is 15.2. The zero-order valence-corrected chi connectivity index (χ0v) is 20.2. The topological polar surface area (TPSA) is 94.4 Å². The zero-order chi connectivity index (χ0) is 26.3. The van der Waals surface area contributed by atoms with Crippen LogP contribution >= 0.6 is 11.6 Å². The molecule has 0 saturated carbocycles. The lowest BCUT2D eigenvalue weighted by Gasteiger charge is -2.32. The number of rotatable bonds is 5. The van der Waals surface area contributed by atoms with E-state index in [1.165, 1.54) is 12.3 Å². The molecule has 1 saturated heterocycles. The summed E-state index contributed by atoms with van der Waals surface area (Å²) in [5, 5.41) is 0.0794. The summed E-state index contributed by atoms with van der Waals surface area (Å²) < 4.78 is 82.5. The summed E-state index contributed by atoms with van der Waals surface area (Å²) in [5.41, 5.74) is -1.41. The van der Waals surface area contributed by atoms with Crippen LogP contribution in [0.1, 0.15) is 18.4 Å². The Hall–Kier alpha value is -3.19. The number of aromatic nitrogens is 3. The van der Waals surface area contributed by atoms with Gasteiger partial charge in [-0.15, -0.1) is 0 Å². The lowest BCUT2D eigenvalue weighted by atomic mass is 10.1. The predicted octanol–water partition coefficient (Wildman–Crippen LogP) is 3.89. The van der Waals surface area contributed by atoms with Crippen LogP contribution in [0.2, 0.25) is 5.02 Å². The Morgan fingerprint density at radius 3 is 2.31 bits per heavy atom. The van der Waals surface area contributed by atoms with Crippen molar-refractivity contribution in [2.75, 3.05) is 24.2 Å². The predicted molar refractivity (Wildman–Crippen MR) is 123 cm³/mol. The van der Waals surface area contributed by atoms with Gasteiger partial charge in [-0.1, -0.05) is 11.6 Å². The molecule has 14 heteroatoms. The summed E-state index contributed by atoms with van der Waals surface area (Å²) >= 11 is 6.29. The van der Waals surface area contributed by atoms with E-state index in [0.29, 0.717) is 25.9 Å². The number of ether oxygens (including phenoxy) is 1. The van der Waals surface area contributed by atoms with Gasteiger partial charge in [-0.25, -0.2) is 22.8 Å². The third-order valence-electron chi connectivity index (χ3n) is 5.55. The van der Waals surface area contributed by atoms with Gasteiger partial charge in [0.15, 0.2) is 9.84 Å². The molecule has 0 amide bonds. The van der Waals surface area contributed by atoms with Gasteiger partial charge in [0, 0.05) is 56.8 Å². The van der Waals surface area contributed by atoms with E-state index in [0.717, 1.165) is 41.4 Å². The number of pyridine rings is 1. The Balaban J connectivity index is 1.44. The second kappa shape index (κ2) is 9.69. The number of hydrogen-bond acceptors (Lipinski definition) is 7. The quantitative estimate of drug-likeness (QED) is 0.448.